The lowest BCUT2D eigenvalue weighted by atomic mass is 9.84. The van der Waals surface area contributed by atoms with Gasteiger partial charge in [0.2, 0.25) is 0 Å². The second-order valence-corrected chi connectivity index (χ2v) is 12.3. The van der Waals surface area contributed by atoms with Crippen LogP contribution < -0.4 is 4.90 Å². The van der Waals surface area contributed by atoms with Crippen molar-refractivity contribution >= 4 is 33.3 Å². The molecule has 1 N–H and O–H groups in total. The number of anilines is 1. The molecule has 5 nitrogen and oxygen atoms in total. The molecule has 0 bridgehead atoms. The Hall–Kier alpha value is -2.02. The normalized spacial score (nSPS) is 25.7. The smallest absolute Gasteiger partial charge is 0.253 e. The zero-order valence-corrected chi connectivity index (χ0v) is 23.6. The summed E-state index contributed by atoms with van der Waals surface area (Å²) in [6.07, 6.45) is 3.88. The zero-order chi connectivity index (χ0) is 26.4. The van der Waals surface area contributed by atoms with Gasteiger partial charge in [0, 0.05) is 18.2 Å². The Balaban J connectivity index is 1.27. The summed E-state index contributed by atoms with van der Waals surface area (Å²) in [4.78, 5) is 27.8. The van der Waals surface area contributed by atoms with Gasteiger partial charge >= 0.3 is 0 Å². The molecular weight excluding hydrogens is 530 g/mol. The Morgan fingerprint density at radius 3 is 2.38 bits per heavy atom. The first kappa shape index (κ1) is 28.0. The standard InChI is InChI=1S/C31H40BrNO4/c1-21(2)15-27(32)31(36)30-26-17-23(16-24(26)18-28(30)34)13-14-37-20-29(35)33(25-11-7-4-8-12-25)19-22-9-5-3-6-10-22/h3-12,21,23-24,26-28,30,34H,13-20H2,1-2H3/t23-,24-,26+,27?,28-,30-/m0/s1. The van der Waals surface area contributed by atoms with Gasteiger partial charge in [0.25, 0.3) is 5.91 Å². The van der Waals surface area contributed by atoms with Crippen molar-refractivity contribution in [3.05, 3.63) is 66.2 Å². The molecular formula is C31H40BrNO4. The first-order chi connectivity index (χ1) is 17.8. The van der Waals surface area contributed by atoms with Crippen LogP contribution in [0, 0.1) is 29.6 Å². The van der Waals surface area contributed by atoms with Crippen LogP contribution in [0.2, 0.25) is 0 Å². The number of Topliss-reactive ketones (excluding diaryl/α,β-unsaturated/α-hetero) is 1. The fourth-order valence-corrected chi connectivity index (χ4v) is 7.34. The van der Waals surface area contributed by atoms with E-state index < -0.39 is 6.10 Å². The van der Waals surface area contributed by atoms with Gasteiger partial charge in [-0.15, -0.1) is 0 Å². The van der Waals surface area contributed by atoms with E-state index >= 15 is 0 Å². The minimum Gasteiger partial charge on any atom is -0.392 e. The van der Waals surface area contributed by atoms with Crippen LogP contribution in [-0.2, 0) is 20.9 Å². The number of aliphatic hydroxyl groups is 1. The highest BCUT2D eigenvalue weighted by molar-refractivity contribution is 9.10. The number of amides is 1. The second-order valence-electron chi connectivity index (χ2n) is 11.2. The molecule has 0 aromatic heterocycles. The third kappa shape index (κ3) is 7.30. The van der Waals surface area contributed by atoms with E-state index in [1.165, 1.54) is 0 Å². The van der Waals surface area contributed by atoms with Gasteiger partial charge in [-0.05, 0) is 73.5 Å². The molecule has 0 radical (unpaired) electrons. The van der Waals surface area contributed by atoms with Crippen molar-refractivity contribution in [3.63, 3.8) is 0 Å². The number of carbonyl (C=O) groups excluding carboxylic acids is 2. The Kier molecular flexibility index (Phi) is 9.96. The number of fused-ring (bicyclic) bond motifs is 1. The number of nitrogens with zero attached hydrogens (tertiary/aromatic N) is 1. The topological polar surface area (TPSA) is 66.8 Å². The third-order valence-electron chi connectivity index (χ3n) is 8.03. The lowest BCUT2D eigenvalue weighted by Gasteiger charge is -2.24. The molecule has 2 aromatic carbocycles. The maximum atomic E-state index is 13.1. The molecule has 2 fully saturated rings. The molecule has 6 atom stereocenters. The van der Waals surface area contributed by atoms with Gasteiger partial charge in [0.15, 0.2) is 5.78 Å². The number of benzene rings is 2. The van der Waals surface area contributed by atoms with Crippen LogP contribution >= 0.6 is 15.9 Å². The summed E-state index contributed by atoms with van der Waals surface area (Å²) in [6, 6.07) is 19.7. The number of ether oxygens (including phenoxy) is 1. The molecule has 0 saturated heterocycles. The molecule has 2 aromatic rings. The highest BCUT2D eigenvalue weighted by Gasteiger charge is 2.51. The fraction of sp³-hybridized carbons (Fsp3) is 0.548. The first-order valence-electron chi connectivity index (χ1n) is 13.7. The van der Waals surface area contributed by atoms with Crippen molar-refractivity contribution in [1.29, 1.82) is 0 Å². The third-order valence-corrected chi connectivity index (χ3v) is 8.86. The number of halogens is 1. The number of carbonyl (C=O) groups is 2. The number of alkyl halides is 1. The molecule has 2 aliphatic carbocycles. The van der Waals surface area contributed by atoms with E-state index in [0.29, 0.717) is 30.9 Å². The SMILES string of the molecule is CC(C)CC(Br)C(=O)[C@H]1[C@@H]2C[C@@H](CCOCC(=O)N(Cc3ccccc3)c3ccccc3)C[C@H]2C[C@@H]1O. The minimum absolute atomic E-state index is 0.0433. The van der Waals surface area contributed by atoms with E-state index in [0.717, 1.165) is 43.4 Å². The summed E-state index contributed by atoms with van der Waals surface area (Å²) >= 11 is 3.59. The van der Waals surface area contributed by atoms with Gasteiger partial charge in [-0.2, -0.15) is 0 Å². The Morgan fingerprint density at radius 2 is 1.70 bits per heavy atom. The molecule has 1 amide bonds. The van der Waals surface area contributed by atoms with E-state index in [2.05, 4.69) is 29.8 Å². The highest BCUT2D eigenvalue weighted by Crippen LogP contribution is 2.52. The van der Waals surface area contributed by atoms with Crippen molar-refractivity contribution in [2.45, 2.75) is 63.4 Å². The van der Waals surface area contributed by atoms with Gasteiger partial charge in [0.05, 0.1) is 17.5 Å². The van der Waals surface area contributed by atoms with Gasteiger partial charge in [-0.3, -0.25) is 9.59 Å². The van der Waals surface area contributed by atoms with Crippen LogP contribution in [-0.4, -0.2) is 40.9 Å². The maximum Gasteiger partial charge on any atom is 0.253 e. The van der Waals surface area contributed by atoms with Crippen LogP contribution in [0.5, 0.6) is 0 Å². The van der Waals surface area contributed by atoms with Crippen molar-refractivity contribution in [2.75, 3.05) is 18.1 Å². The molecule has 200 valence electrons. The van der Waals surface area contributed by atoms with Crippen molar-refractivity contribution in [2.24, 2.45) is 29.6 Å². The first-order valence-corrected chi connectivity index (χ1v) is 14.6. The molecule has 2 aliphatic rings. The summed E-state index contributed by atoms with van der Waals surface area (Å²) in [6.45, 7) is 5.31. The molecule has 0 aliphatic heterocycles. The number of rotatable bonds is 12. The second kappa shape index (κ2) is 13.2. The molecule has 37 heavy (non-hydrogen) atoms. The average molecular weight is 571 g/mol. The zero-order valence-electron chi connectivity index (χ0n) is 22.0. The summed E-state index contributed by atoms with van der Waals surface area (Å²) in [5.74, 6) is 1.45. The van der Waals surface area contributed by atoms with Crippen LogP contribution in [0.15, 0.2) is 60.7 Å². The van der Waals surface area contributed by atoms with Crippen LogP contribution in [0.25, 0.3) is 0 Å². The van der Waals surface area contributed by atoms with Crippen molar-refractivity contribution in [3.8, 4) is 0 Å². The Labute approximate surface area is 229 Å². The molecule has 0 heterocycles. The predicted octanol–water partition coefficient (Wildman–Crippen LogP) is 6.03. The number of hydrogen-bond donors (Lipinski definition) is 1. The number of aliphatic hydroxyl groups excluding tert-OH is 1. The number of ketones is 1. The number of para-hydroxylation sites is 1. The average Bonchev–Trinajstić information content (AvgIpc) is 3.41. The lowest BCUT2D eigenvalue weighted by Crippen LogP contribution is -2.34. The Bertz CT molecular complexity index is 1010. The summed E-state index contributed by atoms with van der Waals surface area (Å²) in [7, 11) is 0. The van der Waals surface area contributed by atoms with E-state index in [1.807, 2.05) is 60.7 Å². The molecule has 4 rings (SSSR count). The lowest BCUT2D eigenvalue weighted by molar-refractivity contribution is -0.126. The van der Waals surface area contributed by atoms with Gasteiger partial charge in [-0.25, -0.2) is 0 Å². The minimum atomic E-state index is -0.516. The maximum absolute atomic E-state index is 13.1. The van der Waals surface area contributed by atoms with Crippen LogP contribution in [0.3, 0.4) is 0 Å². The summed E-state index contributed by atoms with van der Waals surface area (Å²) < 4.78 is 5.88. The monoisotopic (exact) mass is 569 g/mol. The van der Waals surface area contributed by atoms with E-state index in [4.69, 9.17) is 4.74 Å². The Morgan fingerprint density at radius 1 is 1.03 bits per heavy atom. The molecule has 6 heteroatoms. The fourth-order valence-electron chi connectivity index (χ4n) is 6.29. The predicted molar refractivity (Wildman–Crippen MR) is 151 cm³/mol. The number of hydrogen-bond acceptors (Lipinski definition) is 4. The largest absolute Gasteiger partial charge is 0.392 e. The summed E-state index contributed by atoms with van der Waals surface area (Å²) in [5.41, 5.74) is 1.93. The van der Waals surface area contributed by atoms with E-state index in [1.54, 1.807) is 4.90 Å². The highest BCUT2D eigenvalue weighted by atomic mass is 79.9. The van der Waals surface area contributed by atoms with Gasteiger partial charge < -0.3 is 14.7 Å². The molecule has 1 unspecified atom stereocenters. The van der Waals surface area contributed by atoms with Crippen molar-refractivity contribution < 1.29 is 19.4 Å². The quantitative estimate of drug-likeness (QED) is 0.250. The summed E-state index contributed by atoms with van der Waals surface area (Å²) in [5, 5.41) is 10.7. The van der Waals surface area contributed by atoms with E-state index in [9.17, 15) is 14.7 Å². The van der Waals surface area contributed by atoms with Gasteiger partial charge in [0.1, 0.15) is 6.61 Å². The van der Waals surface area contributed by atoms with Gasteiger partial charge in [-0.1, -0.05) is 78.3 Å². The molecule has 0 spiro atoms. The van der Waals surface area contributed by atoms with Crippen LogP contribution in [0.1, 0.15) is 51.5 Å². The molecule has 2 saturated carbocycles. The van der Waals surface area contributed by atoms with Crippen LogP contribution in [0.4, 0.5) is 5.69 Å². The van der Waals surface area contributed by atoms with E-state index in [-0.39, 0.29) is 35.0 Å². The van der Waals surface area contributed by atoms with Crippen molar-refractivity contribution in [1.82, 2.24) is 0 Å².